The van der Waals surface area contributed by atoms with Gasteiger partial charge in [-0.25, -0.2) is 8.78 Å². The first kappa shape index (κ1) is 37.7. The first-order valence-corrected chi connectivity index (χ1v) is 10.4. The molecule has 2 N–H and O–H groups in total. The molecule has 0 aromatic rings. The van der Waals surface area contributed by atoms with E-state index >= 15 is 0 Å². The van der Waals surface area contributed by atoms with Crippen molar-refractivity contribution >= 4 is 7.12 Å². The predicted molar refractivity (Wildman–Crippen MR) is 125 cm³/mol. The largest absolute Gasteiger partial charge is 0.497 e. The molecular weight excluding hydrogens is 359 g/mol. The Morgan fingerprint density at radius 3 is 1.32 bits per heavy atom. The van der Waals surface area contributed by atoms with Crippen LogP contribution in [0.2, 0.25) is 0 Å². The van der Waals surface area contributed by atoms with E-state index in [1.807, 2.05) is 83.1 Å². The molecule has 0 aromatic heterocycles. The zero-order chi connectivity index (χ0) is 24.1. The Balaban J connectivity index is -0.000000153. The van der Waals surface area contributed by atoms with Crippen LogP contribution in [0.5, 0.6) is 0 Å². The van der Waals surface area contributed by atoms with E-state index in [2.05, 4.69) is 12.3 Å². The molecule has 0 unspecified atom stereocenters. The molecule has 1 fully saturated rings. The molecule has 0 aromatic carbocycles. The summed E-state index contributed by atoms with van der Waals surface area (Å²) in [5, 5.41) is 0. The van der Waals surface area contributed by atoms with Crippen molar-refractivity contribution in [2.45, 2.75) is 101 Å². The quantitative estimate of drug-likeness (QED) is 0.387. The van der Waals surface area contributed by atoms with Crippen molar-refractivity contribution in [1.82, 2.24) is 0 Å². The van der Waals surface area contributed by atoms with Crippen LogP contribution in [0.1, 0.15) is 90.0 Å². The Morgan fingerprint density at radius 2 is 1.11 bits per heavy atom. The highest BCUT2D eigenvalue weighted by Gasteiger charge is 2.53. The van der Waals surface area contributed by atoms with Gasteiger partial charge in [-0.3, -0.25) is 0 Å². The van der Waals surface area contributed by atoms with E-state index in [0.717, 1.165) is 6.08 Å². The minimum Gasteiger partial charge on any atom is -0.399 e. The first-order valence-electron chi connectivity index (χ1n) is 10.4. The number of nitrogens with two attached hydrogens (primary N) is 1. The van der Waals surface area contributed by atoms with E-state index in [-0.39, 0.29) is 5.47 Å². The zero-order valence-electron chi connectivity index (χ0n) is 21.1. The molecule has 6 heteroatoms. The smallest absolute Gasteiger partial charge is 0.399 e. The molecule has 0 radical (unpaired) electrons. The normalized spacial score (nSPS) is 16.5. The van der Waals surface area contributed by atoms with Gasteiger partial charge in [0.05, 0.1) is 11.2 Å². The Morgan fingerprint density at radius 1 is 0.821 bits per heavy atom. The Labute approximate surface area is 175 Å². The predicted octanol–water partition coefficient (Wildman–Crippen LogP) is 7.58. The summed E-state index contributed by atoms with van der Waals surface area (Å²) in [5.74, 6) is -2.01. The van der Waals surface area contributed by atoms with Crippen LogP contribution in [0.15, 0.2) is 35.9 Å². The molecular formula is C22H48BF2NO2. The van der Waals surface area contributed by atoms with Gasteiger partial charge in [0.25, 0.3) is 0 Å². The van der Waals surface area contributed by atoms with Gasteiger partial charge in [-0.2, -0.15) is 0 Å². The van der Waals surface area contributed by atoms with Crippen LogP contribution in [0.25, 0.3) is 0 Å². The van der Waals surface area contributed by atoms with Gasteiger partial charge in [0.15, 0.2) is 11.7 Å². The van der Waals surface area contributed by atoms with Crippen molar-refractivity contribution in [1.29, 1.82) is 0 Å². The van der Waals surface area contributed by atoms with Gasteiger partial charge in [-0.05, 0) is 47.7 Å². The number of halogens is 2. The van der Waals surface area contributed by atoms with Crippen LogP contribution in [-0.4, -0.2) is 25.4 Å². The second-order valence-electron chi connectivity index (χ2n) is 5.20. The second kappa shape index (κ2) is 22.3. The Kier molecular flexibility index (Phi) is 30.1. The van der Waals surface area contributed by atoms with Crippen LogP contribution in [0.3, 0.4) is 0 Å². The highest BCUT2D eigenvalue weighted by molar-refractivity contribution is 6.56. The molecule has 0 saturated carbocycles. The third kappa shape index (κ3) is 12.5. The number of allylic oxidation sites excluding steroid dienone is 5. The lowest BCUT2D eigenvalue weighted by Crippen LogP contribution is -2.41. The van der Waals surface area contributed by atoms with Gasteiger partial charge < -0.3 is 15.0 Å². The van der Waals surface area contributed by atoms with E-state index < -0.39 is 30.0 Å². The van der Waals surface area contributed by atoms with Crippen molar-refractivity contribution in [3.05, 3.63) is 35.9 Å². The van der Waals surface area contributed by atoms with E-state index in [1.54, 1.807) is 6.92 Å². The first-order chi connectivity index (χ1) is 13.2. The Bertz CT molecular complexity index is 405. The van der Waals surface area contributed by atoms with Crippen LogP contribution >= 0.6 is 0 Å². The molecule has 1 aliphatic heterocycles. The molecule has 0 amide bonds. The minimum atomic E-state index is -1.02. The molecule has 3 nitrogen and oxygen atoms in total. The highest BCUT2D eigenvalue weighted by Crippen LogP contribution is 2.40. The fourth-order valence-corrected chi connectivity index (χ4v) is 1.56. The van der Waals surface area contributed by atoms with Gasteiger partial charge in [-0.15, -0.1) is 0 Å². The lowest BCUT2D eigenvalue weighted by atomic mass is 9.77. The monoisotopic (exact) mass is 407 g/mol. The van der Waals surface area contributed by atoms with Gasteiger partial charge in [0.1, 0.15) is 0 Å². The standard InChI is InChI=1S/C13H19BF2O2.4C2H6.CH5N/c1-7-9(11(16)10(15)8-2)14-17-12(3,4)13(5,6)18-14;5*1-2/h7-8H,2H2,1,3-6H3;4*1-2H3;2H2,1H3/b9-7?,11-10-;;;;;. The highest BCUT2D eigenvalue weighted by atomic mass is 19.2. The number of rotatable bonds is 3. The summed E-state index contributed by atoms with van der Waals surface area (Å²) in [6.45, 7) is 28.2. The Hall–Kier alpha value is -0.975. The van der Waals surface area contributed by atoms with Crippen LogP contribution in [0, 0.1) is 0 Å². The average Bonchev–Trinajstić information content (AvgIpc) is 2.96. The second-order valence-corrected chi connectivity index (χ2v) is 5.20. The molecule has 0 bridgehead atoms. The topological polar surface area (TPSA) is 44.5 Å². The van der Waals surface area contributed by atoms with Crippen LogP contribution in [0.4, 0.5) is 8.78 Å². The van der Waals surface area contributed by atoms with Crippen molar-refractivity contribution in [2.75, 3.05) is 7.05 Å². The lowest BCUT2D eigenvalue weighted by Gasteiger charge is -2.32. The van der Waals surface area contributed by atoms with Crippen molar-refractivity contribution in [3.8, 4) is 0 Å². The summed E-state index contributed by atoms with van der Waals surface area (Å²) in [6.07, 6.45) is 2.27. The maximum atomic E-state index is 13.8. The molecule has 0 spiro atoms. The summed E-state index contributed by atoms with van der Waals surface area (Å²) < 4.78 is 38.4. The summed E-state index contributed by atoms with van der Waals surface area (Å²) in [7, 11) is 0.589. The van der Waals surface area contributed by atoms with Crippen molar-refractivity contribution in [3.63, 3.8) is 0 Å². The van der Waals surface area contributed by atoms with E-state index in [0.29, 0.717) is 0 Å². The number of hydrogen-bond acceptors (Lipinski definition) is 3. The fourth-order valence-electron chi connectivity index (χ4n) is 1.56. The molecule has 1 rings (SSSR count). The van der Waals surface area contributed by atoms with Gasteiger partial charge >= 0.3 is 7.12 Å². The fraction of sp³-hybridized carbons (Fsp3) is 0.727. The van der Waals surface area contributed by atoms with E-state index in [9.17, 15) is 8.78 Å². The third-order valence-electron chi connectivity index (χ3n) is 3.46. The van der Waals surface area contributed by atoms with Crippen LogP contribution in [-0.2, 0) is 9.31 Å². The molecule has 170 valence electrons. The molecule has 28 heavy (non-hydrogen) atoms. The summed E-state index contributed by atoms with van der Waals surface area (Å²) in [6, 6.07) is 0. The molecule has 1 saturated heterocycles. The third-order valence-corrected chi connectivity index (χ3v) is 3.46. The van der Waals surface area contributed by atoms with Crippen LogP contribution < -0.4 is 5.73 Å². The maximum Gasteiger partial charge on any atom is 0.497 e. The maximum absolute atomic E-state index is 13.8. The van der Waals surface area contributed by atoms with E-state index in [4.69, 9.17) is 9.31 Å². The molecule has 0 atom stereocenters. The van der Waals surface area contributed by atoms with E-state index in [1.165, 1.54) is 13.1 Å². The van der Waals surface area contributed by atoms with Gasteiger partial charge in [-0.1, -0.05) is 68.0 Å². The number of hydrogen-bond donors (Lipinski definition) is 1. The zero-order valence-corrected chi connectivity index (χ0v) is 21.1. The minimum absolute atomic E-state index is 0.0473. The van der Waals surface area contributed by atoms with Crippen molar-refractivity contribution < 1.29 is 18.1 Å². The average molecular weight is 407 g/mol. The van der Waals surface area contributed by atoms with Gasteiger partial charge in [0, 0.05) is 5.47 Å². The van der Waals surface area contributed by atoms with Gasteiger partial charge in [0.2, 0.25) is 0 Å². The molecule has 1 heterocycles. The summed E-state index contributed by atoms with van der Waals surface area (Å²) in [5.41, 5.74) is 3.37. The van der Waals surface area contributed by atoms with Crippen molar-refractivity contribution in [2.24, 2.45) is 5.73 Å². The summed E-state index contributed by atoms with van der Waals surface area (Å²) >= 11 is 0. The molecule has 1 aliphatic rings. The lowest BCUT2D eigenvalue weighted by molar-refractivity contribution is 0.00578. The molecule has 0 aliphatic carbocycles. The summed E-state index contributed by atoms with van der Waals surface area (Å²) in [4.78, 5) is 0. The SMILES string of the molecule is C=C/C(F)=C(/F)C(=CC)B1OC(C)(C)C(C)(C)O1.CC.CC.CC.CC.CN.